The van der Waals surface area contributed by atoms with Crippen molar-refractivity contribution in [1.82, 2.24) is 4.57 Å². The highest BCUT2D eigenvalue weighted by atomic mass is 32.2. The van der Waals surface area contributed by atoms with E-state index in [1.54, 1.807) is 24.3 Å². The van der Waals surface area contributed by atoms with Crippen LogP contribution in [-0.2, 0) is 11.3 Å². The van der Waals surface area contributed by atoms with E-state index in [2.05, 4.69) is 0 Å². The van der Waals surface area contributed by atoms with Gasteiger partial charge in [0.25, 0.3) is 5.91 Å². The molecule has 0 radical (unpaired) electrons. The minimum atomic E-state index is -1.08. The number of anilines is 1. The van der Waals surface area contributed by atoms with E-state index in [0.717, 1.165) is 22.2 Å². The lowest BCUT2D eigenvalue weighted by Crippen LogP contribution is -2.27. The van der Waals surface area contributed by atoms with Crippen molar-refractivity contribution in [2.24, 2.45) is 0 Å². The highest BCUT2D eigenvalue weighted by Gasteiger charge is 2.34. The predicted octanol–water partition coefficient (Wildman–Crippen LogP) is 6.24. The molecule has 0 aliphatic carbocycles. The summed E-state index contributed by atoms with van der Waals surface area (Å²) in [6, 6.07) is 20.6. The molecule has 5 rings (SSSR count). The summed E-state index contributed by atoms with van der Waals surface area (Å²) in [7, 11) is 0. The Balaban J connectivity index is 1.57. The maximum absolute atomic E-state index is 14.4. The largest absolute Gasteiger partial charge is 0.478 e. The molecular formula is C27H19FN2O3S2. The van der Waals surface area contributed by atoms with Crippen LogP contribution in [0.3, 0.4) is 0 Å². The molecule has 0 spiro atoms. The average molecular weight is 503 g/mol. The Kier molecular flexibility index (Phi) is 6.00. The number of carboxylic acids is 1. The van der Waals surface area contributed by atoms with E-state index in [9.17, 15) is 19.1 Å². The van der Waals surface area contributed by atoms with E-state index in [1.807, 2.05) is 47.9 Å². The zero-order valence-corrected chi connectivity index (χ0v) is 20.2. The number of aromatic nitrogens is 1. The summed E-state index contributed by atoms with van der Waals surface area (Å²) in [6.45, 7) is 2.31. The highest BCUT2D eigenvalue weighted by molar-refractivity contribution is 8.27. The summed E-state index contributed by atoms with van der Waals surface area (Å²) in [5.74, 6) is -1.66. The minimum absolute atomic E-state index is 0.0765. The first-order valence-electron chi connectivity index (χ1n) is 10.8. The number of carbonyl (C=O) groups is 2. The number of halogens is 1. The van der Waals surface area contributed by atoms with Gasteiger partial charge in [-0.1, -0.05) is 66.4 Å². The molecule has 1 fully saturated rings. The Morgan fingerprint density at radius 1 is 1.09 bits per heavy atom. The minimum Gasteiger partial charge on any atom is -0.478 e. The monoisotopic (exact) mass is 502 g/mol. The van der Waals surface area contributed by atoms with Gasteiger partial charge in [0.15, 0.2) is 4.32 Å². The molecule has 0 unspecified atom stereocenters. The van der Waals surface area contributed by atoms with E-state index in [4.69, 9.17) is 12.2 Å². The lowest BCUT2D eigenvalue weighted by atomic mass is 10.1. The number of hydrogen-bond donors (Lipinski definition) is 1. The van der Waals surface area contributed by atoms with Crippen LogP contribution in [0.2, 0.25) is 0 Å². The van der Waals surface area contributed by atoms with Crippen molar-refractivity contribution in [2.75, 3.05) is 4.90 Å². The topological polar surface area (TPSA) is 62.5 Å². The molecule has 2 heterocycles. The molecule has 4 aromatic rings. The molecule has 1 aromatic heterocycles. The van der Waals surface area contributed by atoms with E-state index in [-0.39, 0.29) is 17.3 Å². The Labute approximate surface area is 210 Å². The van der Waals surface area contributed by atoms with Gasteiger partial charge >= 0.3 is 5.97 Å². The van der Waals surface area contributed by atoms with Gasteiger partial charge in [-0.2, -0.15) is 0 Å². The molecule has 174 valence electrons. The van der Waals surface area contributed by atoms with Crippen LogP contribution < -0.4 is 4.90 Å². The third-order valence-corrected chi connectivity index (χ3v) is 7.29. The van der Waals surface area contributed by atoms with Crippen LogP contribution in [0.4, 0.5) is 10.1 Å². The summed E-state index contributed by atoms with van der Waals surface area (Å²) >= 11 is 6.64. The van der Waals surface area contributed by atoms with E-state index in [0.29, 0.717) is 27.0 Å². The van der Waals surface area contributed by atoms with Crippen LogP contribution in [0.15, 0.2) is 77.7 Å². The number of aromatic carboxylic acids is 1. The molecule has 35 heavy (non-hydrogen) atoms. The normalized spacial score (nSPS) is 14.9. The molecular weight excluding hydrogens is 483 g/mol. The first-order valence-corrected chi connectivity index (χ1v) is 12.0. The van der Waals surface area contributed by atoms with Gasteiger partial charge in [-0.05, 0) is 43.3 Å². The predicted molar refractivity (Wildman–Crippen MR) is 141 cm³/mol. The summed E-state index contributed by atoms with van der Waals surface area (Å²) in [4.78, 5) is 26.5. The Bertz CT molecular complexity index is 1560. The van der Waals surface area contributed by atoms with Crippen LogP contribution in [0.1, 0.15) is 27.2 Å². The average Bonchev–Trinajstić information content (AvgIpc) is 3.28. The fourth-order valence-corrected chi connectivity index (χ4v) is 5.52. The quantitative estimate of drug-likeness (QED) is 0.259. The van der Waals surface area contributed by atoms with Gasteiger partial charge in [0.05, 0.1) is 22.7 Å². The zero-order valence-electron chi connectivity index (χ0n) is 18.6. The number of carbonyl (C=O) groups excluding carboxylic acids is 1. The van der Waals surface area contributed by atoms with Crippen LogP contribution in [0.5, 0.6) is 0 Å². The molecule has 5 nitrogen and oxygen atoms in total. The zero-order chi connectivity index (χ0) is 24.7. The number of rotatable bonds is 5. The summed E-state index contributed by atoms with van der Waals surface area (Å²) in [5.41, 5.74) is 3.75. The van der Waals surface area contributed by atoms with E-state index < -0.39 is 5.97 Å². The van der Waals surface area contributed by atoms with Crippen molar-refractivity contribution in [3.8, 4) is 0 Å². The van der Waals surface area contributed by atoms with Crippen molar-refractivity contribution in [3.63, 3.8) is 0 Å². The Morgan fingerprint density at radius 2 is 1.83 bits per heavy atom. The van der Waals surface area contributed by atoms with Crippen LogP contribution in [0.25, 0.3) is 17.0 Å². The molecule has 8 heteroatoms. The molecule has 1 aliphatic rings. The van der Waals surface area contributed by atoms with Crippen LogP contribution >= 0.6 is 24.0 Å². The molecule has 0 saturated carbocycles. The maximum Gasteiger partial charge on any atom is 0.335 e. The molecule has 1 aliphatic heterocycles. The third-order valence-electron chi connectivity index (χ3n) is 5.99. The fraction of sp³-hybridized carbons (Fsp3) is 0.0741. The standard InChI is InChI=1S/C27H19FN2O3S2/c1-16-21(20-10-3-5-12-23(20)29(16)15-18-7-2-4-11-22(18)28)14-24-25(31)30(27(34)35-24)19-9-6-8-17(13-19)26(32)33/h2-14H,15H2,1H3,(H,32,33)/b24-14+. The number of nitrogens with zero attached hydrogens (tertiary/aromatic N) is 2. The van der Waals surface area contributed by atoms with Crippen LogP contribution in [0, 0.1) is 12.7 Å². The second-order valence-electron chi connectivity index (χ2n) is 8.07. The van der Waals surface area contributed by atoms with Gasteiger partial charge in [-0.3, -0.25) is 9.69 Å². The van der Waals surface area contributed by atoms with Gasteiger partial charge in [-0.15, -0.1) is 0 Å². The van der Waals surface area contributed by atoms with Gasteiger partial charge in [0.2, 0.25) is 0 Å². The number of hydrogen-bond acceptors (Lipinski definition) is 4. The van der Waals surface area contributed by atoms with Crippen molar-refractivity contribution < 1.29 is 19.1 Å². The summed E-state index contributed by atoms with van der Waals surface area (Å²) in [5, 5.41) is 10.3. The number of fused-ring (bicyclic) bond motifs is 1. The SMILES string of the molecule is Cc1c(/C=C2/SC(=S)N(c3cccc(C(=O)O)c3)C2=O)c2ccccc2n1Cc1ccccc1F. The lowest BCUT2D eigenvalue weighted by molar-refractivity contribution is -0.113. The van der Waals surface area contributed by atoms with Gasteiger partial charge < -0.3 is 9.67 Å². The number of benzene rings is 3. The van der Waals surface area contributed by atoms with Crippen molar-refractivity contribution >= 4 is 62.8 Å². The fourth-order valence-electron chi connectivity index (χ4n) is 4.24. The lowest BCUT2D eigenvalue weighted by Gasteiger charge is -2.14. The molecule has 0 bridgehead atoms. The second-order valence-corrected chi connectivity index (χ2v) is 9.74. The number of thiocarbonyl (C=S) groups is 1. The summed E-state index contributed by atoms with van der Waals surface area (Å²) < 4.78 is 16.8. The van der Waals surface area contributed by atoms with E-state index in [1.165, 1.54) is 34.9 Å². The van der Waals surface area contributed by atoms with Gasteiger partial charge in [0, 0.05) is 27.7 Å². The van der Waals surface area contributed by atoms with Gasteiger partial charge in [0.1, 0.15) is 5.82 Å². The first-order chi connectivity index (χ1) is 16.8. The number of para-hydroxylation sites is 1. The Morgan fingerprint density at radius 3 is 2.60 bits per heavy atom. The first kappa shape index (κ1) is 23.0. The molecule has 1 saturated heterocycles. The van der Waals surface area contributed by atoms with Crippen molar-refractivity contribution in [3.05, 3.63) is 106 Å². The molecule has 1 amide bonds. The number of carboxylic acid groups (broad SMARTS) is 1. The smallest absolute Gasteiger partial charge is 0.335 e. The number of amides is 1. The highest BCUT2D eigenvalue weighted by Crippen LogP contribution is 2.38. The Hall–Kier alpha value is -3.75. The van der Waals surface area contributed by atoms with Crippen molar-refractivity contribution in [2.45, 2.75) is 13.5 Å². The van der Waals surface area contributed by atoms with Crippen molar-refractivity contribution in [1.29, 1.82) is 0 Å². The molecule has 3 aromatic carbocycles. The van der Waals surface area contributed by atoms with E-state index >= 15 is 0 Å². The summed E-state index contributed by atoms with van der Waals surface area (Å²) in [6.07, 6.45) is 1.82. The number of thioether (sulfide) groups is 1. The third kappa shape index (κ3) is 4.15. The molecule has 1 N–H and O–H groups in total. The maximum atomic E-state index is 14.4. The van der Waals surface area contributed by atoms with Gasteiger partial charge in [-0.25, -0.2) is 9.18 Å². The molecule has 0 atom stereocenters. The van der Waals surface area contributed by atoms with Crippen LogP contribution in [-0.4, -0.2) is 25.9 Å². The second kappa shape index (κ2) is 9.13.